The number of ether oxygens (including phenoxy) is 1. The smallest absolute Gasteiger partial charge is 0.244 e. The first-order valence-corrected chi connectivity index (χ1v) is 8.32. The van der Waals surface area contributed by atoms with Gasteiger partial charge in [0.15, 0.2) is 5.43 Å². The zero-order chi connectivity index (χ0) is 18.5. The van der Waals surface area contributed by atoms with Crippen LogP contribution in [0.25, 0.3) is 0 Å². The number of aryl methyl sites for hydroxylation is 2. The van der Waals surface area contributed by atoms with E-state index in [2.05, 4.69) is 5.32 Å². The molecule has 1 aromatic heterocycles. The summed E-state index contributed by atoms with van der Waals surface area (Å²) in [7, 11) is 0. The van der Waals surface area contributed by atoms with Crippen LogP contribution in [0.1, 0.15) is 11.4 Å². The van der Waals surface area contributed by atoms with Crippen molar-refractivity contribution >= 4 is 11.6 Å². The Morgan fingerprint density at radius 2 is 1.50 bits per heavy atom. The lowest BCUT2D eigenvalue weighted by Gasteiger charge is -2.14. The molecule has 5 heteroatoms. The molecule has 3 rings (SSSR count). The Labute approximate surface area is 151 Å². The Bertz CT molecular complexity index is 935. The molecule has 0 aliphatic carbocycles. The summed E-state index contributed by atoms with van der Waals surface area (Å²) in [6, 6.07) is 19.7. The number of hydrogen-bond donors (Lipinski definition) is 1. The third-order valence-electron chi connectivity index (χ3n) is 3.97. The van der Waals surface area contributed by atoms with Gasteiger partial charge >= 0.3 is 0 Å². The molecule has 26 heavy (non-hydrogen) atoms. The van der Waals surface area contributed by atoms with Gasteiger partial charge in [-0.1, -0.05) is 18.2 Å². The first-order chi connectivity index (χ1) is 12.5. The summed E-state index contributed by atoms with van der Waals surface area (Å²) in [6.45, 7) is 3.79. The van der Waals surface area contributed by atoms with Gasteiger partial charge in [0, 0.05) is 29.2 Å². The number of amides is 1. The monoisotopic (exact) mass is 348 g/mol. The minimum atomic E-state index is -0.156. The van der Waals surface area contributed by atoms with Gasteiger partial charge in [-0.3, -0.25) is 9.59 Å². The molecule has 0 saturated carbocycles. The average molecular weight is 348 g/mol. The lowest BCUT2D eigenvalue weighted by molar-refractivity contribution is -0.116. The van der Waals surface area contributed by atoms with Crippen molar-refractivity contribution in [3.63, 3.8) is 0 Å². The van der Waals surface area contributed by atoms with Gasteiger partial charge in [0.1, 0.15) is 18.0 Å². The average Bonchev–Trinajstić information content (AvgIpc) is 2.61. The number of para-hydroxylation sites is 1. The van der Waals surface area contributed by atoms with E-state index in [1.807, 2.05) is 48.7 Å². The fourth-order valence-corrected chi connectivity index (χ4v) is 2.71. The molecule has 2 aromatic carbocycles. The number of hydrogen-bond acceptors (Lipinski definition) is 3. The van der Waals surface area contributed by atoms with Crippen molar-refractivity contribution in [1.29, 1.82) is 0 Å². The van der Waals surface area contributed by atoms with Crippen molar-refractivity contribution in [2.24, 2.45) is 0 Å². The normalized spacial score (nSPS) is 10.4. The second-order valence-corrected chi connectivity index (χ2v) is 6.05. The van der Waals surface area contributed by atoms with Crippen LogP contribution in [0, 0.1) is 13.8 Å². The quantitative estimate of drug-likeness (QED) is 0.761. The molecule has 0 radical (unpaired) electrons. The number of anilines is 1. The number of aromatic nitrogens is 1. The van der Waals surface area contributed by atoms with Crippen LogP contribution in [0.15, 0.2) is 71.5 Å². The van der Waals surface area contributed by atoms with Crippen LogP contribution in [0.5, 0.6) is 11.5 Å². The fraction of sp³-hybridized carbons (Fsp3) is 0.143. The van der Waals surface area contributed by atoms with Gasteiger partial charge in [0.2, 0.25) is 5.91 Å². The first kappa shape index (κ1) is 17.5. The van der Waals surface area contributed by atoms with E-state index in [0.29, 0.717) is 11.4 Å². The maximum Gasteiger partial charge on any atom is 0.244 e. The number of rotatable bonds is 5. The summed E-state index contributed by atoms with van der Waals surface area (Å²) < 4.78 is 7.54. The molecule has 0 aliphatic rings. The van der Waals surface area contributed by atoms with Crippen molar-refractivity contribution in [3.05, 3.63) is 88.3 Å². The van der Waals surface area contributed by atoms with E-state index >= 15 is 0 Å². The zero-order valence-corrected chi connectivity index (χ0v) is 14.7. The lowest BCUT2D eigenvalue weighted by atomic mass is 10.2. The Morgan fingerprint density at radius 1 is 0.923 bits per heavy atom. The summed E-state index contributed by atoms with van der Waals surface area (Å²) in [6.07, 6.45) is 0. The molecular weight excluding hydrogens is 328 g/mol. The van der Waals surface area contributed by atoms with Gasteiger partial charge in [0.25, 0.3) is 0 Å². The molecule has 1 amide bonds. The minimum Gasteiger partial charge on any atom is -0.457 e. The number of carbonyl (C=O) groups is 1. The van der Waals surface area contributed by atoms with Crippen molar-refractivity contribution in [2.75, 3.05) is 5.32 Å². The van der Waals surface area contributed by atoms with Crippen molar-refractivity contribution in [3.8, 4) is 11.5 Å². The van der Waals surface area contributed by atoms with E-state index in [1.54, 1.807) is 24.3 Å². The highest BCUT2D eigenvalue weighted by molar-refractivity contribution is 5.90. The number of nitrogens with one attached hydrogen (secondary N) is 1. The van der Waals surface area contributed by atoms with E-state index in [4.69, 9.17) is 4.74 Å². The molecule has 5 nitrogen and oxygen atoms in total. The summed E-state index contributed by atoms with van der Waals surface area (Å²) >= 11 is 0. The fourth-order valence-electron chi connectivity index (χ4n) is 2.71. The van der Waals surface area contributed by atoms with Crippen LogP contribution >= 0.6 is 0 Å². The number of nitrogens with zero attached hydrogens (tertiary/aromatic N) is 1. The Morgan fingerprint density at radius 3 is 2.12 bits per heavy atom. The van der Waals surface area contributed by atoms with Crippen LogP contribution in [-0.4, -0.2) is 10.5 Å². The van der Waals surface area contributed by atoms with E-state index in [-0.39, 0.29) is 17.9 Å². The maximum absolute atomic E-state index is 12.3. The van der Waals surface area contributed by atoms with Gasteiger partial charge in [-0.25, -0.2) is 0 Å². The SMILES string of the molecule is Cc1cc(=O)cc(C)n1CC(=O)Nc1ccc(Oc2ccccc2)cc1. The first-order valence-electron chi connectivity index (χ1n) is 8.32. The Balaban J connectivity index is 1.64. The van der Waals surface area contributed by atoms with Crippen molar-refractivity contribution in [2.45, 2.75) is 20.4 Å². The van der Waals surface area contributed by atoms with E-state index in [0.717, 1.165) is 17.1 Å². The molecule has 1 N–H and O–H groups in total. The number of pyridine rings is 1. The van der Waals surface area contributed by atoms with Crippen molar-refractivity contribution in [1.82, 2.24) is 4.57 Å². The molecule has 0 bridgehead atoms. The van der Waals surface area contributed by atoms with Gasteiger partial charge in [-0.2, -0.15) is 0 Å². The van der Waals surface area contributed by atoms with Gasteiger partial charge in [-0.15, -0.1) is 0 Å². The molecule has 0 saturated heterocycles. The molecule has 0 spiro atoms. The Kier molecular flexibility index (Phi) is 5.17. The topological polar surface area (TPSA) is 60.3 Å². The predicted octanol–water partition coefficient (Wildman–Crippen LogP) is 3.90. The molecule has 0 fully saturated rings. The summed E-state index contributed by atoms with van der Waals surface area (Å²) in [5.74, 6) is 1.30. The van der Waals surface area contributed by atoms with E-state index < -0.39 is 0 Å². The largest absolute Gasteiger partial charge is 0.457 e. The molecular formula is C21H20N2O3. The zero-order valence-electron chi connectivity index (χ0n) is 14.7. The highest BCUT2D eigenvalue weighted by Gasteiger charge is 2.08. The number of carbonyl (C=O) groups excluding carboxylic acids is 1. The third-order valence-corrected chi connectivity index (χ3v) is 3.97. The molecule has 3 aromatic rings. The summed E-state index contributed by atoms with van der Waals surface area (Å²) in [4.78, 5) is 23.8. The van der Waals surface area contributed by atoms with Gasteiger partial charge < -0.3 is 14.6 Å². The molecule has 0 aliphatic heterocycles. The van der Waals surface area contributed by atoms with Gasteiger partial charge in [-0.05, 0) is 50.2 Å². The summed E-state index contributed by atoms with van der Waals surface area (Å²) in [5.41, 5.74) is 2.16. The highest BCUT2D eigenvalue weighted by atomic mass is 16.5. The molecule has 0 unspecified atom stereocenters. The predicted molar refractivity (Wildman–Crippen MR) is 102 cm³/mol. The lowest BCUT2D eigenvalue weighted by Crippen LogP contribution is -2.23. The van der Waals surface area contributed by atoms with E-state index in [1.165, 1.54) is 12.1 Å². The third kappa shape index (κ3) is 4.39. The van der Waals surface area contributed by atoms with Crippen LogP contribution in [0.4, 0.5) is 5.69 Å². The highest BCUT2D eigenvalue weighted by Crippen LogP contribution is 2.22. The van der Waals surface area contributed by atoms with Crippen LogP contribution in [0.2, 0.25) is 0 Å². The van der Waals surface area contributed by atoms with Crippen LogP contribution < -0.4 is 15.5 Å². The Hall–Kier alpha value is -3.34. The minimum absolute atomic E-state index is 0.0503. The summed E-state index contributed by atoms with van der Waals surface area (Å²) in [5, 5.41) is 2.86. The number of benzene rings is 2. The van der Waals surface area contributed by atoms with Crippen LogP contribution in [-0.2, 0) is 11.3 Å². The molecule has 132 valence electrons. The maximum atomic E-state index is 12.3. The molecule has 1 heterocycles. The van der Waals surface area contributed by atoms with Crippen molar-refractivity contribution < 1.29 is 9.53 Å². The van der Waals surface area contributed by atoms with E-state index in [9.17, 15) is 9.59 Å². The van der Waals surface area contributed by atoms with Gasteiger partial charge in [0.05, 0.1) is 0 Å². The standard InChI is InChI=1S/C21H20N2O3/c1-15-12-18(24)13-16(2)23(15)14-21(25)22-17-8-10-20(11-9-17)26-19-6-4-3-5-7-19/h3-13H,14H2,1-2H3,(H,22,25). The second kappa shape index (κ2) is 7.70. The molecule has 0 atom stereocenters. The second-order valence-electron chi connectivity index (χ2n) is 6.05. The van der Waals surface area contributed by atoms with Crippen LogP contribution in [0.3, 0.4) is 0 Å².